The summed E-state index contributed by atoms with van der Waals surface area (Å²) in [5, 5.41) is 3.60. The molecule has 74 valence electrons. The lowest BCUT2D eigenvalue weighted by Gasteiger charge is -1.93. The summed E-state index contributed by atoms with van der Waals surface area (Å²) in [5.74, 6) is -0.147. The number of H-pyrrole nitrogens is 2. The summed E-state index contributed by atoms with van der Waals surface area (Å²) >= 11 is 0. The lowest BCUT2D eigenvalue weighted by Crippen LogP contribution is -1.94. The highest BCUT2D eigenvalue weighted by molar-refractivity contribution is 5.79. The van der Waals surface area contributed by atoms with Gasteiger partial charge in [0.25, 0.3) is 0 Å². The smallest absolute Gasteiger partial charge is 0.345 e. The van der Waals surface area contributed by atoms with Gasteiger partial charge >= 0.3 is 5.76 Å². The van der Waals surface area contributed by atoms with E-state index in [2.05, 4.69) is 24.6 Å². The summed E-state index contributed by atoms with van der Waals surface area (Å²) in [6, 6.07) is 5.50. The molecule has 6 heteroatoms. The number of aromatic amines is 2. The molecule has 0 aliphatic carbocycles. The first-order chi connectivity index (χ1) is 7.33. The van der Waals surface area contributed by atoms with Gasteiger partial charge in [-0.1, -0.05) is 5.16 Å². The Kier molecular flexibility index (Phi) is 1.49. The number of rotatable bonds is 1. The molecule has 0 saturated carbocycles. The van der Waals surface area contributed by atoms with Crippen LogP contribution in [0.15, 0.2) is 33.8 Å². The van der Waals surface area contributed by atoms with E-state index >= 15 is 0 Å². The molecule has 3 aromatic rings. The number of imidazole rings is 1. The van der Waals surface area contributed by atoms with E-state index in [9.17, 15) is 4.79 Å². The quantitative estimate of drug-likeness (QED) is 0.613. The van der Waals surface area contributed by atoms with E-state index in [4.69, 9.17) is 0 Å². The van der Waals surface area contributed by atoms with E-state index in [-0.39, 0.29) is 0 Å². The van der Waals surface area contributed by atoms with Crippen LogP contribution in [-0.2, 0) is 0 Å². The molecule has 0 fully saturated rings. The molecule has 0 bridgehead atoms. The molecule has 2 heterocycles. The monoisotopic (exact) mass is 202 g/mol. The van der Waals surface area contributed by atoms with Crippen LogP contribution in [0.5, 0.6) is 0 Å². The summed E-state index contributed by atoms with van der Waals surface area (Å²) < 4.78 is 4.43. The number of nitrogens with one attached hydrogen (secondary N) is 2. The molecule has 2 N–H and O–H groups in total. The third-order valence-corrected chi connectivity index (χ3v) is 2.13. The van der Waals surface area contributed by atoms with Gasteiger partial charge in [-0.3, -0.25) is 9.51 Å². The van der Waals surface area contributed by atoms with Crippen LogP contribution in [0.3, 0.4) is 0 Å². The average molecular weight is 202 g/mol. The summed E-state index contributed by atoms with van der Waals surface area (Å²) in [6.07, 6.45) is 1.61. The minimum absolute atomic E-state index is 0.413. The second-order valence-corrected chi connectivity index (χ2v) is 3.08. The molecule has 6 nitrogen and oxygen atoms in total. The fraction of sp³-hybridized carbons (Fsp3) is 0. The van der Waals surface area contributed by atoms with Gasteiger partial charge in [0.2, 0.25) is 0 Å². The van der Waals surface area contributed by atoms with Gasteiger partial charge < -0.3 is 4.98 Å². The molecule has 0 unspecified atom stereocenters. The number of aromatic nitrogens is 4. The van der Waals surface area contributed by atoms with Gasteiger partial charge in [0.15, 0.2) is 5.82 Å². The Morgan fingerprint density at radius 2 is 2.27 bits per heavy atom. The normalized spacial score (nSPS) is 10.9. The van der Waals surface area contributed by atoms with E-state index in [1.165, 1.54) is 0 Å². The van der Waals surface area contributed by atoms with Crippen molar-refractivity contribution in [3.05, 3.63) is 35.1 Å². The van der Waals surface area contributed by atoms with E-state index < -0.39 is 5.76 Å². The molecule has 0 amide bonds. The second kappa shape index (κ2) is 2.81. The van der Waals surface area contributed by atoms with Crippen molar-refractivity contribution in [2.45, 2.75) is 0 Å². The number of fused-ring (bicyclic) bond motifs is 1. The summed E-state index contributed by atoms with van der Waals surface area (Å²) in [4.78, 5) is 20.3. The lowest BCUT2D eigenvalue weighted by molar-refractivity contribution is 0.388. The number of hydrogen-bond acceptors (Lipinski definition) is 4. The van der Waals surface area contributed by atoms with Crippen LogP contribution in [-0.4, -0.2) is 20.1 Å². The van der Waals surface area contributed by atoms with Crippen molar-refractivity contribution in [1.82, 2.24) is 20.1 Å². The van der Waals surface area contributed by atoms with Crippen LogP contribution >= 0.6 is 0 Å². The molecular formula is C9H6N4O2. The van der Waals surface area contributed by atoms with Crippen LogP contribution in [0.25, 0.3) is 22.4 Å². The zero-order chi connectivity index (χ0) is 10.3. The van der Waals surface area contributed by atoms with E-state index in [0.29, 0.717) is 5.82 Å². The molecule has 0 aliphatic heterocycles. The number of benzene rings is 1. The van der Waals surface area contributed by atoms with Crippen molar-refractivity contribution < 1.29 is 4.52 Å². The van der Waals surface area contributed by atoms with Gasteiger partial charge in [-0.25, -0.2) is 9.78 Å². The Bertz CT molecular complexity index is 664. The summed E-state index contributed by atoms with van der Waals surface area (Å²) in [5.41, 5.74) is 2.53. The van der Waals surface area contributed by atoms with E-state index in [1.54, 1.807) is 6.33 Å². The molecule has 0 atom stereocenters. The van der Waals surface area contributed by atoms with Crippen LogP contribution in [0, 0.1) is 0 Å². The third kappa shape index (κ3) is 1.23. The zero-order valence-electron chi connectivity index (χ0n) is 7.52. The fourth-order valence-electron chi connectivity index (χ4n) is 1.44. The van der Waals surface area contributed by atoms with E-state index in [1.807, 2.05) is 18.2 Å². The number of nitrogens with zero attached hydrogens (tertiary/aromatic N) is 2. The highest BCUT2D eigenvalue weighted by Gasteiger charge is 2.05. The topological polar surface area (TPSA) is 87.6 Å². The van der Waals surface area contributed by atoms with Gasteiger partial charge in [-0.15, -0.1) is 0 Å². The van der Waals surface area contributed by atoms with Gasteiger partial charge in [0, 0.05) is 5.56 Å². The highest BCUT2D eigenvalue weighted by Crippen LogP contribution is 2.18. The maximum atomic E-state index is 10.8. The first kappa shape index (κ1) is 7.98. The molecule has 3 rings (SSSR count). The second-order valence-electron chi connectivity index (χ2n) is 3.08. The lowest BCUT2D eigenvalue weighted by atomic mass is 10.2. The molecule has 2 aromatic heterocycles. The molecular weight excluding hydrogens is 196 g/mol. The first-order valence-electron chi connectivity index (χ1n) is 4.32. The average Bonchev–Trinajstić information content (AvgIpc) is 2.84. The SMILES string of the molecule is O=c1[nH]c(-c2ccc3nc[nH]c3c2)no1. The van der Waals surface area contributed by atoms with Gasteiger partial charge in [0.1, 0.15) is 0 Å². The highest BCUT2D eigenvalue weighted by atomic mass is 16.5. The van der Waals surface area contributed by atoms with Crippen LogP contribution in [0.2, 0.25) is 0 Å². The minimum atomic E-state index is -0.560. The van der Waals surface area contributed by atoms with Gasteiger partial charge in [-0.2, -0.15) is 0 Å². The van der Waals surface area contributed by atoms with E-state index in [0.717, 1.165) is 16.6 Å². The number of hydrogen-bond donors (Lipinski definition) is 2. The van der Waals surface area contributed by atoms with Crippen molar-refractivity contribution in [3.8, 4) is 11.4 Å². The van der Waals surface area contributed by atoms with Crippen LogP contribution in [0.1, 0.15) is 0 Å². The summed E-state index contributed by atoms with van der Waals surface area (Å²) in [6.45, 7) is 0. The first-order valence-corrected chi connectivity index (χ1v) is 4.32. The van der Waals surface area contributed by atoms with Crippen molar-refractivity contribution in [2.24, 2.45) is 0 Å². The Morgan fingerprint density at radius 1 is 1.33 bits per heavy atom. The minimum Gasteiger partial charge on any atom is -0.345 e. The zero-order valence-corrected chi connectivity index (χ0v) is 7.52. The molecule has 0 spiro atoms. The summed E-state index contributed by atoms with van der Waals surface area (Å²) in [7, 11) is 0. The Labute approximate surface area is 82.9 Å². The molecule has 0 radical (unpaired) electrons. The third-order valence-electron chi connectivity index (χ3n) is 2.13. The van der Waals surface area contributed by atoms with Gasteiger partial charge in [0.05, 0.1) is 17.4 Å². The largest absolute Gasteiger partial charge is 0.439 e. The van der Waals surface area contributed by atoms with Crippen molar-refractivity contribution in [3.63, 3.8) is 0 Å². The molecule has 1 aromatic carbocycles. The molecule has 0 saturated heterocycles. The van der Waals surface area contributed by atoms with Crippen molar-refractivity contribution in [1.29, 1.82) is 0 Å². The van der Waals surface area contributed by atoms with Crippen molar-refractivity contribution in [2.75, 3.05) is 0 Å². The maximum absolute atomic E-state index is 10.8. The predicted octanol–water partition coefficient (Wildman–Crippen LogP) is 0.906. The Morgan fingerprint density at radius 3 is 3.07 bits per heavy atom. The fourth-order valence-corrected chi connectivity index (χ4v) is 1.44. The Hall–Kier alpha value is -2.37. The van der Waals surface area contributed by atoms with Crippen molar-refractivity contribution >= 4 is 11.0 Å². The standard InChI is InChI=1S/C9H6N4O2/c14-9-12-8(13-15-9)5-1-2-6-7(3-5)11-4-10-6/h1-4H,(H,10,11)(H,12,13,14). The Balaban J connectivity index is 2.22. The predicted molar refractivity (Wildman–Crippen MR) is 52.2 cm³/mol. The maximum Gasteiger partial charge on any atom is 0.439 e. The van der Waals surface area contributed by atoms with Crippen LogP contribution < -0.4 is 5.76 Å². The molecule has 15 heavy (non-hydrogen) atoms. The van der Waals surface area contributed by atoms with Crippen LogP contribution in [0.4, 0.5) is 0 Å². The van der Waals surface area contributed by atoms with Gasteiger partial charge in [-0.05, 0) is 18.2 Å². The molecule has 0 aliphatic rings.